The van der Waals surface area contributed by atoms with Crippen molar-refractivity contribution in [2.45, 2.75) is 12.5 Å². The molecule has 0 aliphatic carbocycles. The third kappa shape index (κ3) is 1.54. The molecule has 0 saturated heterocycles. The van der Waals surface area contributed by atoms with E-state index in [9.17, 15) is 5.11 Å². The Hall–Kier alpha value is -1.13. The maximum absolute atomic E-state index is 9.32. The Kier molecular flexibility index (Phi) is 2.30. The lowest BCUT2D eigenvalue weighted by molar-refractivity contribution is 0.206. The van der Waals surface area contributed by atoms with Gasteiger partial charge in [0.1, 0.15) is 5.75 Å². The van der Waals surface area contributed by atoms with Crippen LogP contribution in [0, 0.1) is 0 Å². The van der Waals surface area contributed by atoms with Gasteiger partial charge in [-0.05, 0) is 13.0 Å². The van der Waals surface area contributed by atoms with Gasteiger partial charge in [0.2, 0.25) is 0 Å². The summed E-state index contributed by atoms with van der Waals surface area (Å²) in [7, 11) is 0. The van der Waals surface area contributed by atoms with Gasteiger partial charge in [-0.25, -0.2) is 0 Å². The monoisotopic (exact) mass is 168 g/mol. The molecule has 12 heavy (non-hydrogen) atoms. The minimum Gasteiger partial charge on any atom is -0.506 e. The Labute approximate surface area is 70.7 Å². The van der Waals surface area contributed by atoms with Crippen LogP contribution in [0.3, 0.4) is 0 Å². The van der Waals surface area contributed by atoms with Crippen molar-refractivity contribution >= 4 is 0 Å². The molecule has 0 radical (unpaired) electrons. The van der Waals surface area contributed by atoms with Crippen LogP contribution >= 0.6 is 0 Å². The van der Waals surface area contributed by atoms with E-state index in [-0.39, 0.29) is 12.4 Å². The van der Waals surface area contributed by atoms with Gasteiger partial charge < -0.3 is 15.9 Å². The van der Waals surface area contributed by atoms with Crippen molar-refractivity contribution in [3.05, 3.63) is 24.0 Å². The van der Waals surface area contributed by atoms with Gasteiger partial charge >= 0.3 is 0 Å². The van der Waals surface area contributed by atoms with E-state index in [4.69, 9.17) is 10.8 Å². The number of hydrogen-bond acceptors (Lipinski definition) is 4. The lowest BCUT2D eigenvalue weighted by Crippen LogP contribution is -2.36. The fraction of sp³-hybridized carbons (Fsp3) is 0.375. The van der Waals surface area contributed by atoms with Gasteiger partial charge in [0.15, 0.2) is 0 Å². The molecule has 0 spiro atoms. The van der Waals surface area contributed by atoms with E-state index in [0.717, 1.165) is 0 Å². The van der Waals surface area contributed by atoms with Crippen LogP contribution in [0.4, 0.5) is 0 Å². The molecule has 0 bridgehead atoms. The fourth-order valence-electron chi connectivity index (χ4n) is 0.954. The number of hydrogen-bond donors (Lipinski definition) is 3. The summed E-state index contributed by atoms with van der Waals surface area (Å²) in [5.74, 6) is 0.0107. The zero-order valence-corrected chi connectivity index (χ0v) is 6.86. The molecule has 1 heterocycles. The predicted molar refractivity (Wildman–Crippen MR) is 44.5 cm³/mol. The van der Waals surface area contributed by atoms with Crippen LogP contribution in [0.5, 0.6) is 5.75 Å². The Morgan fingerprint density at radius 1 is 1.67 bits per heavy atom. The van der Waals surface area contributed by atoms with Gasteiger partial charge in [0.05, 0.1) is 18.3 Å². The summed E-state index contributed by atoms with van der Waals surface area (Å²) in [6, 6.07) is 1.59. The van der Waals surface area contributed by atoms with Crippen LogP contribution in [0.25, 0.3) is 0 Å². The molecule has 1 rings (SSSR count). The number of rotatable bonds is 2. The highest BCUT2D eigenvalue weighted by Crippen LogP contribution is 2.24. The van der Waals surface area contributed by atoms with Gasteiger partial charge in [-0.1, -0.05) is 0 Å². The largest absolute Gasteiger partial charge is 0.506 e. The summed E-state index contributed by atoms with van der Waals surface area (Å²) in [5, 5.41) is 18.2. The summed E-state index contributed by atoms with van der Waals surface area (Å²) in [6.45, 7) is 1.42. The van der Waals surface area contributed by atoms with Gasteiger partial charge in [0.25, 0.3) is 0 Å². The normalized spacial score (nSPS) is 15.6. The maximum Gasteiger partial charge on any atom is 0.138 e. The molecule has 0 aliphatic rings. The molecule has 0 amide bonds. The first-order valence-electron chi connectivity index (χ1n) is 3.61. The third-order valence-corrected chi connectivity index (χ3v) is 1.74. The minimum atomic E-state index is -0.910. The summed E-state index contributed by atoms with van der Waals surface area (Å²) in [4.78, 5) is 3.71. The van der Waals surface area contributed by atoms with E-state index < -0.39 is 5.54 Å². The SMILES string of the molecule is C[C@](N)(CO)c1ccncc1O. The molecule has 1 atom stereocenters. The highest BCUT2D eigenvalue weighted by atomic mass is 16.3. The molecule has 66 valence electrons. The topological polar surface area (TPSA) is 79.4 Å². The number of nitrogens with two attached hydrogens (primary N) is 1. The average molecular weight is 168 g/mol. The van der Waals surface area contributed by atoms with Gasteiger partial charge in [-0.2, -0.15) is 0 Å². The molecule has 1 aromatic heterocycles. The predicted octanol–water partition coefficient (Wildman–Crippen LogP) is -0.0466. The second kappa shape index (κ2) is 3.08. The van der Waals surface area contributed by atoms with Crippen LogP contribution in [0.15, 0.2) is 18.5 Å². The van der Waals surface area contributed by atoms with Crippen LogP contribution in [-0.4, -0.2) is 21.8 Å². The van der Waals surface area contributed by atoms with Crippen molar-refractivity contribution in [3.63, 3.8) is 0 Å². The van der Waals surface area contributed by atoms with Gasteiger partial charge in [-0.15, -0.1) is 0 Å². The Morgan fingerprint density at radius 3 is 2.83 bits per heavy atom. The molecule has 0 saturated carbocycles. The first-order valence-corrected chi connectivity index (χ1v) is 3.61. The van der Waals surface area contributed by atoms with E-state index in [1.807, 2.05) is 0 Å². The summed E-state index contributed by atoms with van der Waals surface area (Å²) < 4.78 is 0. The smallest absolute Gasteiger partial charge is 0.138 e. The molecule has 4 N–H and O–H groups in total. The Bertz CT molecular complexity index is 274. The molecule has 4 nitrogen and oxygen atoms in total. The molecular formula is C8H12N2O2. The van der Waals surface area contributed by atoms with E-state index >= 15 is 0 Å². The van der Waals surface area contributed by atoms with Crippen LogP contribution in [0.1, 0.15) is 12.5 Å². The minimum absolute atomic E-state index is 0.0107. The maximum atomic E-state index is 9.32. The van der Waals surface area contributed by atoms with E-state index in [1.54, 1.807) is 13.0 Å². The van der Waals surface area contributed by atoms with Gasteiger partial charge in [-0.3, -0.25) is 4.98 Å². The fourth-order valence-corrected chi connectivity index (χ4v) is 0.954. The van der Waals surface area contributed by atoms with Crippen LogP contribution in [-0.2, 0) is 5.54 Å². The molecule has 0 unspecified atom stereocenters. The highest BCUT2D eigenvalue weighted by Gasteiger charge is 2.22. The zero-order chi connectivity index (χ0) is 9.19. The molecular weight excluding hydrogens is 156 g/mol. The molecule has 0 aromatic carbocycles. The Morgan fingerprint density at radius 2 is 2.33 bits per heavy atom. The number of aliphatic hydroxyl groups is 1. The molecule has 1 aromatic rings. The second-order valence-corrected chi connectivity index (χ2v) is 2.97. The number of aromatic hydroxyl groups is 1. The summed E-state index contributed by atoms with van der Waals surface area (Å²) in [5.41, 5.74) is 5.29. The highest BCUT2D eigenvalue weighted by molar-refractivity contribution is 5.34. The van der Waals surface area contributed by atoms with Gasteiger partial charge in [0, 0.05) is 11.8 Å². The summed E-state index contributed by atoms with van der Waals surface area (Å²) >= 11 is 0. The van der Waals surface area contributed by atoms with E-state index in [2.05, 4.69) is 4.98 Å². The number of pyridine rings is 1. The second-order valence-electron chi connectivity index (χ2n) is 2.97. The van der Waals surface area contributed by atoms with E-state index in [0.29, 0.717) is 5.56 Å². The van der Waals surface area contributed by atoms with Crippen LogP contribution in [0.2, 0.25) is 0 Å². The molecule has 0 aliphatic heterocycles. The first-order chi connectivity index (χ1) is 5.58. The first kappa shape index (κ1) is 8.96. The standard InChI is InChI=1S/C8H12N2O2/c1-8(9,5-11)6-2-3-10-4-7(6)12/h2-4,11-12H,5,9H2,1H3/t8-/m0/s1. The molecule has 4 heteroatoms. The van der Waals surface area contributed by atoms with Crippen molar-refractivity contribution in [2.75, 3.05) is 6.61 Å². The quantitative estimate of drug-likeness (QED) is 0.578. The van der Waals surface area contributed by atoms with Crippen LogP contribution < -0.4 is 5.73 Å². The van der Waals surface area contributed by atoms with Crippen molar-refractivity contribution in [3.8, 4) is 5.75 Å². The Balaban J connectivity index is 3.10. The number of nitrogens with zero attached hydrogens (tertiary/aromatic N) is 1. The van der Waals surface area contributed by atoms with Crippen molar-refractivity contribution in [1.82, 2.24) is 4.98 Å². The van der Waals surface area contributed by atoms with E-state index in [1.165, 1.54) is 12.4 Å². The lowest BCUT2D eigenvalue weighted by atomic mass is 9.95. The summed E-state index contributed by atoms with van der Waals surface area (Å²) in [6.07, 6.45) is 2.83. The van der Waals surface area contributed by atoms with Crippen molar-refractivity contribution in [1.29, 1.82) is 0 Å². The third-order valence-electron chi connectivity index (χ3n) is 1.74. The number of aliphatic hydroxyl groups excluding tert-OH is 1. The average Bonchev–Trinajstić information content (AvgIpc) is 2.05. The van der Waals surface area contributed by atoms with Crippen molar-refractivity contribution < 1.29 is 10.2 Å². The van der Waals surface area contributed by atoms with Crippen molar-refractivity contribution in [2.24, 2.45) is 5.73 Å². The lowest BCUT2D eigenvalue weighted by Gasteiger charge is -2.22. The molecule has 0 fully saturated rings. The zero-order valence-electron chi connectivity index (χ0n) is 6.86. The number of aromatic nitrogens is 1.